The minimum atomic E-state index is -0.779. The Kier molecular flexibility index (Phi) is 47.8. The highest BCUT2D eigenvalue weighted by molar-refractivity contribution is 5.71. The molecule has 0 N–H and O–H groups in total. The number of hydrogen-bond donors (Lipinski definition) is 0. The van der Waals surface area contributed by atoms with Crippen LogP contribution in [0.3, 0.4) is 0 Å². The van der Waals surface area contributed by atoms with Gasteiger partial charge in [-0.15, -0.1) is 0 Å². The van der Waals surface area contributed by atoms with Crippen molar-refractivity contribution >= 4 is 17.9 Å². The van der Waals surface area contributed by atoms with Gasteiger partial charge in [0.1, 0.15) is 13.2 Å². The van der Waals surface area contributed by atoms with Gasteiger partial charge < -0.3 is 14.2 Å². The molecular weight excluding hydrogens is 745 g/mol. The summed E-state index contributed by atoms with van der Waals surface area (Å²) in [5, 5.41) is 0. The maximum Gasteiger partial charge on any atom is 0.306 e. The Hall–Kier alpha value is -2.11. The van der Waals surface area contributed by atoms with Gasteiger partial charge in [0.2, 0.25) is 0 Å². The molecule has 0 spiro atoms. The summed E-state index contributed by atoms with van der Waals surface area (Å²) < 4.78 is 16.7. The summed E-state index contributed by atoms with van der Waals surface area (Å²) in [5.41, 5.74) is 0. The molecule has 0 bridgehead atoms. The molecule has 0 saturated carbocycles. The van der Waals surface area contributed by atoms with Crippen molar-refractivity contribution in [3.8, 4) is 0 Å². The summed E-state index contributed by atoms with van der Waals surface area (Å²) in [6, 6.07) is 0. The lowest BCUT2D eigenvalue weighted by Crippen LogP contribution is -2.30. The van der Waals surface area contributed by atoms with Crippen LogP contribution < -0.4 is 0 Å². The minimum Gasteiger partial charge on any atom is -0.462 e. The summed E-state index contributed by atoms with van der Waals surface area (Å²) in [6.45, 7) is 6.59. The molecule has 352 valence electrons. The first-order valence-corrected chi connectivity index (χ1v) is 26.3. The molecule has 1 atom stereocenters. The lowest BCUT2D eigenvalue weighted by Gasteiger charge is -2.18. The Morgan fingerprint density at radius 3 is 0.917 bits per heavy atom. The average Bonchev–Trinajstić information content (AvgIpc) is 3.24. The van der Waals surface area contributed by atoms with Crippen molar-refractivity contribution in [2.45, 2.75) is 290 Å². The maximum absolute atomic E-state index is 12.8. The molecule has 0 aromatic rings. The van der Waals surface area contributed by atoms with Crippen molar-refractivity contribution in [1.29, 1.82) is 0 Å². The van der Waals surface area contributed by atoms with E-state index in [4.69, 9.17) is 14.2 Å². The summed E-state index contributed by atoms with van der Waals surface area (Å²) in [6.07, 6.45) is 56.0. The summed E-state index contributed by atoms with van der Waals surface area (Å²) >= 11 is 0. The molecule has 60 heavy (non-hydrogen) atoms. The second-order valence-corrected chi connectivity index (χ2v) is 17.8. The molecule has 0 radical (unpaired) electrons. The highest BCUT2D eigenvalue weighted by atomic mass is 16.6. The fraction of sp³-hybridized carbons (Fsp3) is 0.870. The van der Waals surface area contributed by atoms with Gasteiger partial charge in [0, 0.05) is 19.3 Å². The Labute approximate surface area is 373 Å². The third kappa shape index (κ3) is 46.9. The van der Waals surface area contributed by atoms with Gasteiger partial charge in [0.15, 0.2) is 6.10 Å². The van der Waals surface area contributed by atoms with Crippen LogP contribution in [0.15, 0.2) is 24.3 Å². The van der Waals surface area contributed by atoms with Gasteiger partial charge in [-0.3, -0.25) is 14.4 Å². The Morgan fingerprint density at radius 1 is 0.317 bits per heavy atom. The van der Waals surface area contributed by atoms with E-state index in [1.807, 2.05) is 0 Å². The average molecular weight is 845 g/mol. The highest BCUT2D eigenvalue weighted by Gasteiger charge is 2.19. The number of rotatable bonds is 48. The van der Waals surface area contributed by atoms with Gasteiger partial charge in [0.05, 0.1) is 0 Å². The van der Waals surface area contributed by atoms with Crippen LogP contribution in [-0.4, -0.2) is 37.2 Å². The fourth-order valence-electron chi connectivity index (χ4n) is 7.68. The van der Waals surface area contributed by atoms with Crippen molar-refractivity contribution in [2.75, 3.05) is 13.2 Å². The second kappa shape index (κ2) is 49.5. The largest absolute Gasteiger partial charge is 0.462 e. The van der Waals surface area contributed by atoms with E-state index in [0.29, 0.717) is 19.3 Å². The first-order chi connectivity index (χ1) is 29.5. The number of esters is 3. The minimum absolute atomic E-state index is 0.0777. The van der Waals surface area contributed by atoms with E-state index in [-0.39, 0.29) is 31.1 Å². The van der Waals surface area contributed by atoms with Crippen LogP contribution in [0.25, 0.3) is 0 Å². The third-order valence-corrected chi connectivity index (χ3v) is 11.7. The maximum atomic E-state index is 12.8. The highest BCUT2D eigenvalue weighted by Crippen LogP contribution is 2.16. The van der Waals surface area contributed by atoms with E-state index in [0.717, 1.165) is 57.8 Å². The molecule has 0 fully saturated rings. The molecule has 6 heteroatoms. The zero-order valence-electron chi connectivity index (χ0n) is 40.2. The van der Waals surface area contributed by atoms with Crippen LogP contribution in [0.2, 0.25) is 0 Å². The number of allylic oxidation sites excluding steroid dienone is 4. The molecule has 0 aliphatic rings. The van der Waals surface area contributed by atoms with Crippen molar-refractivity contribution in [1.82, 2.24) is 0 Å². The van der Waals surface area contributed by atoms with Crippen LogP contribution >= 0.6 is 0 Å². The van der Waals surface area contributed by atoms with Crippen LogP contribution in [0.5, 0.6) is 0 Å². The number of ether oxygens (including phenoxy) is 3. The second-order valence-electron chi connectivity index (χ2n) is 17.8. The van der Waals surface area contributed by atoms with E-state index in [9.17, 15) is 14.4 Å². The molecule has 1 unspecified atom stereocenters. The van der Waals surface area contributed by atoms with Gasteiger partial charge in [-0.2, -0.15) is 0 Å². The third-order valence-electron chi connectivity index (χ3n) is 11.7. The lowest BCUT2D eigenvalue weighted by atomic mass is 10.0. The van der Waals surface area contributed by atoms with Crippen molar-refractivity contribution in [2.24, 2.45) is 0 Å². The van der Waals surface area contributed by atoms with E-state index < -0.39 is 6.10 Å². The quantitative estimate of drug-likeness (QED) is 0.0263. The van der Waals surface area contributed by atoms with Gasteiger partial charge in [-0.1, -0.05) is 225 Å². The first kappa shape index (κ1) is 57.9. The number of hydrogen-bond acceptors (Lipinski definition) is 6. The topological polar surface area (TPSA) is 78.9 Å². The monoisotopic (exact) mass is 845 g/mol. The lowest BCUT2D eigenvalue weighted by molar-refractivity contribution is -0.167. The van der Waals surface area contributed by atoms with Gasteiger partial charge >= 0.3 is 17.9 Å². The van der Waals surface area contributed by atoms with E-state index >= 15 is 0 Å². The van der Waals surface area contributed by atoms with Crippen molar-refractivity contribution in [3.05, 3.63) is 24.3 Å². The smallest absolute Gasteiger partial charge is 0.306 e. The Bertz CT molecular complexity index is 973. The summed E-state index contributed by atoms with van der Waals surface area (Å²) in [5.74, 6) is -0.907. The first-order valence-electron chi connectivity index (χ1n) is 26.3. The predicted molar refractivity (Wildman–Crippen MR) is 256 cm³/mol. The van der Waals surface area contributed by atoms with Crippen molar-refractivity contribution < 1.29 is 28.6 Å². The van der Waals surface area contributed by atoms with Gasteiger partial charge in [-0.05, 0) is 64.2 Å². The van der Waals surface area contributed by atoms with Crippen LogP contribution in [0.4, 0.5) is 0 Å². The summed E-state index contributed by atoms with van der Waals surface area (Å²) in [7, 11) is 0. The zero-order chi connectivity index (χ0) is 43.7. The van der Waals surface area contributed by atoms with E-state index in [2.05, 4.69) is 45.1 Å². The normalized spacial score (nSPS) is 12.1. The Morgan fingerprint density at radius 2 is 0.567 bits per heavy atom. The van der Waals surface area contributed by atoms with Gasteiger partial charge in [0.25, 0.3) is 0 Å². The number of carbonyl (C=O) groups excluding carboxylic acids is 3. The van der Waals surface area contributed by atoms with Gasteiger partial charge in [-0.25, -0.2) is 0 Å². The van der Waals surface area contributed by atoms with Crippen LogP contribution in [0.1, 0.15) is 284 Å². The molecule has 0 rings (SSSR count). The van der Waals surface area contributed by atoms with E-state index in [1.54, 1.807) is 0 Å². The van der Waals surface area contributed by atoms with Crippen LogP contribution in [-0.2, 0) is 28.6 Å². The molecular formula is C54H100O6. The molecule has 0 aliphatic heterocycles. The molecule has 0 saturated heterocycles. The van der Waals surface area contributed by atoms with Crippen LogP contribution in [0, 0.1) is 0 Å². The number of carbonyl (C=O) groups is 3. The van der Waals surface area contributed by atoms with E-state index in [1.165, 1.54) is 186 Å². The fourth-order valence-corrected chi connectivity index (χ4v) is 7.68. The molecule has 6 nitrogen and oxygen atoms in total. The molecule has 0 aromatic heterocycles. The molecule has 0 aliphatic carbocycles. The standard InChI is InChI=1S/C54H100O6/c1-4-7-10-13-16-19-21-23-25-26-27-29-30-32-35-38-41-44-47-53(56)59-50-51(49-58-52(55)46-43-40-37-34-18-15-12-9-6-3)60-54(57)48-45-42-39-36-33-31-28-24-22-20-17-14-11-8-5-2/h20,22,34,37,51H,4-19,21,23-33,35-36,38-50H2,1-3H3/b22-20-,37-34-. The predicted octanol–water partition coefficient (Wildman–Crippen LogP) is 17.2. The number of unbranched alkanes of at least 4 members (excludes halogenated alkanes) is 33. The van der Waals surface area contributed by atoms with Crippen molar-refractivity contribution in [3.63, 3.8) is 0 Å². The summed E-state index contributed by atoms with van der Waals surface area (Å²) in [4.78, 5) is 37.9. The molecule has 0 heterocycles. The Balaban J connectivity index is 4.28. The SMILES string of the molecule is CCCCCC/C=C\CCCCCCCCCC(=O)OC(COC(=O)CCC/C=C\CCCCCC)COC(=O)CCCCCCCCCCCCCCCCCCCC. The molecule has 0 amide bonds. The zero-order valence-corrected chi connectivity index (χ0v) is 40.2. The molecule has 0 aromatic carbocycles.